The molecule has 0 aliphatic carbocycles. The van der Waals surface area contributed by atoms with Gasteiger partial charge in [-0.15, -0.1) is 0 Å². The van der Waals surface area contributed by atoms with Gasteiger partial charge in [0.15, 0.2) is 0 Å². The number of carbonyl (C=O) groups excluding carboxylic acids is 1. The summed E-state index contributed by atoms with van der Waals surface area (Å²) in [6, 6.07) is 17.3. The minimum Gasteiger partial charge on any atom is -0.497 e. The average molecular weight is 379 g/mol. The molecular weight excluding hydrogens is 354 g/mol. The highest BCUT2D eigenvalue weighted by molar-refractivity contribution is 5.81. The van der Waals surface area contributed by atoms with Crippen LogP contribution in [0.3, 0.4) is 0 Å². The lowest BCUT2D eigenvalue weighted by atomic mass is 10.0. The van der Waals surface area contributed by atoms with Gasteiger partial charge >= 0.3 is 0 Å². The van der Waals surface area contributed by atoms with Crippen molar-refractivity contribution < 1.29 is 13.9 Å². The van der Waals surface area contributed by atoms with Crippen LogP contribution in [0, 0.1) is 0 Å². The fraction of sp³-hybridized carbons (Fsp3) is 0.318. The van der Waals surface area contributed by atoms with Crippen LogP contribution in [0.2, 0.25) is 0 Å². The lowest BCUT2D eigenvalue weighted by Gasteiger charge is -2.37. The topological polar surface area (TPSA) is 71.9 Å². The number of primary amides is 1. The Morgan fingerprint density at radius 2 is 1.86 bits per heavy atom. The Morgan fingerprint density at radius 1 is 1.11 bits per heavy atom. The summed E-state index contributed by atoms with van der Waals surface area (Å²) in [7, 11) is 1.66. The molecule has 0 radical (unpaired) electrons. The van der Waals surface area contributed by atoms with Gasteiger partial charge in [0, 0.05) is 31.6 Å². The van der Waals surface area contributed by atoms with Crippen LogP contribution in [0.1, 0.15) is 17.4 Å². The summed E-state index contributed by atoms with van der Waals surface area (Å²) in [5.74, 6) is 1.46. The second kappa shape index (κ2) is 8.04. The minimum atomic E-state index is -0.373. The number of nitrogens with zero attached hydrogens (tertiary/aromatic N) is 2. The molecule has 0 spiro atoms. The normalized spacial score (nSPS) is 16.9. The molecule has 4 rings (SSSR count). The molecule has 0 bridgehead atoms. The third kappa shape index (κ3) is 3.88. The smallest absolute Gasteiger partial charge is 0.239 e. The Kier molecular flexibility index (Phi) is 5.32. The number of carbonyl (C=O) groups is 1. The third-order valence-corrected chi connectivity index (χ3v) is 5.31. The average Bonchev–Trinajstić information content (AvgIpc) is 3.11. The van der Waals surface area contributed by atoms with Crippen molar-refractivity contribution in [3.63, 3.8) is 0 Å². The molecule has 6 nitrogen and oxygen atoms in total. The van der Waals surface area contributed by atoms with Gasteiger partial charge in [-0.05, 0) is 29.8 Å². The zero-order chi connectivity index (χ0) is 19.5. The van der Waals surface area contributed by atoms with Crippen molar-refractivity contribution in [1.82, 2.24) is 9.80 Å². The summed E-state index contributed by atoms with van der Waals surface area (Å²) in [6.45, 7) is 4.04. The van der Waals surface area contributed by atoms with Gasteiger partial charge in [-0.2, -0.15) is 0 Å². The molecule has 146 valence electrons. The van der Waals surface area contributed by atoms with Crippen molar-refractivity contribution in [3.05, 3.63) is 65.9 Å². The Bertz CT molecular complexity index is 946. The number of hydrogen-bond acceptors (Lipinski definition) is 5. The molecule has 2 heterocycles. The van der Waals surface area contributed by atoms with Crippen molar-refractivity contribution >= 4 is 16.9 Å². The monoisotopic (exact) mass is 379 g/mol. The van der Waals surface area contributed by atoms with Gasteiger partial charge in [-0.25, -0.2) is 0 Å². The van der Waals surface area contributed by atoms with Gasteiger partial charge in [-0.3, -0.25) is 14.6 Å². The quantitative estimate of drug-likeness (QED) is 0.713. The largest absolute Gasteiger partial charge is 0.497 e. The number of nitrogens with two attached hydrogens (primary N) is 1. The van der Waals surface area contributed by atoms with E-state index in [-0.39, 0.29) is 11.9 Å². The Balaban J connectivity index is 1.40. The van der Waals surface area contributed by atoms with Gasteiger partial charge < -0.3 is 14.9 Å². The number of amides is 1. The maximum Gasteiger partial charge on any atom is 0.239 e. The molecule has 1 amide bonds. The van der Waals surface area contributed by atoms with Crippen LogP contribution in [0.15, 0.2) is 59.0 Å². The van der Waals surface area contributed by atoms with E-state index < -0.39 is 0 Å². The molecule has 2 N–H and O–H groups in total. The van der Waals surface area contributed by atoms with E-state index in [4.69, 9.17) is 14.9 Å². The standard InChI is InChI=1S/C22H25N3O3/c1-27-18-7-8-20-17(13-18)14-19(28-20)15-24-9-11-25(12-10-24)21(22(23)26)16-5-3-2-4-6-16/h2-8,13-14,21H,9-12,15H2,1H3,(H2,23,26). The van der Waals surface area contributed by atoms with Crippen molar-refractivity contribution in [2.45, 2.75) is 12.6 Å². The van der Waals surface area contributed by atoms with Crippen LogP contribution in [-0.4, -0.2) is 49.0 Å². The number of rotatable bonds is 6. The van der Waals surface area contributed by atoms with Crippen molar-refractivity contribution in [2.24, 2.45) is 5.73 Å². The first-order valence-corrected chi connectivity index (χ1v) is 9.51. The molecule has 1 unspecified atom stereocenters. The second-order valence-electron chi connectivity index (χ2n) is 7.14. The molecule has 3 aromatic rings. The summed E-state index contributed by atoms with van der Waals surface area (Å²) in [6.07, 6.45) is 0. The lowest BCUT2D eigenvalue weighted by Crippen LogP contribution is -2.49. The third-order valence-electron chi connectivity index (χ3n) is 5.31. The highest BCUT2D eigenvalue weighted by atomic mass is 16.5. The molecule has 2 aromatic carbocycles. The highest BCUT2D eigenvalue weighted by Gasteiger charge is 2.29. The van der Waals surface area contributed by atoms with Gasteiger partial charge in [0.25, 0.3) is 0 Å². The Hall–Kier alpha value is -2.83. The minimum absolute atomic E-state index is 0.300. The fourth-order valence-electron chi connectivity index (χ4n) is 3.87. The molecule has 28 heavy (non-hydrogen) atoms. The van der Waals surface area contributed by atoms with Gasteiger partial charge in [0.1, 0.15) is 23.1 Å². The van der Waals surface area contributed by atoms with E-state index in [9.17, 15) is 4.79 Å². The van der Waals surface area contributed by atoms with E-state index in [0.717, 1.165) is 60.8 Å². The number of methoxy groups -OCH3 is 1. The van der Waals surface area contributed by atoms with Crippen molar-refractivity contribution in [1.29, 1.82) is 0 Å². The summed E-state index contributed by atoms with van der Waals surface area (Å²) in [5, 5.41) is 1.05. The predicted molar refractivity (Wildman–Crippen MR) is 108 cm³/mol. The van der Waals surface area contributed by atoms with E-state index in [1.807, 2.05) is 48.5 Å². The van der Waals surface area contributed by atoms with Crippen LogP contribution < -0.4 is 10.5 Å². The fourth-order valence-corrected chi connectivity index (χ4v) is 3.87. The van der Waals surface area contributed by atoms with Crippen LogP contribution in [0.25, 0.3) is 11.0 Å². The first-order chi connectivity index (χ1) is 13.6. The van der Waals surface area contributed by atoms with Crippen LogP contribution in [0.4, 0.5) is 0 Å². The van der Waals surface area contributed by atoms with E-state index in [0.29, 0.717) is 0 Å². The Morgan fingerprint density at radius 3 is 2.54 bits per heavy atom. The van der Waals surface area contributed by atoms with E-state index in [1.54, 1.807) is 7.11 Å². The van der Waals surface area contributed by atoms with E-state index >= 15 is 0 Å². The Labute approximate surface area is 164 Å². The molecule has 1 aliphatic heterocycles. The van der Waals surface area contributed by atoms with Gasteiger partial charge in [-0.1, -0.05) is 30.3 Å². The number of benzene rings is 2. The molecule has 1 aromatic heterocycles. The molecule has 6 heteroatoms. The number of piperazine rings is 1. The molecule has 0 saturated carbocycles. The van der Waals surface area contributed by atoms with Crippen molar-refractivity contribution in [2.75, 3.05) is 33.3 Å². The lowest BCUT2D eigenvalue weighted by molar-refractivity contribution is -0.124. The maximum absolute atomic E-state index is 12.1. The van der Waals surface area contributed by atoms with Gasteiger partial charge in [0.05, 0.1) is 13.7 Å². The highest BCUT2D eigenvalue weighted by Crippen LogP contribution is 2.26. The van der Waals surface area contributed by atoms with E-state index in [2.05, 4.69) is 15.9 Å². The molecule has 1 fully saturated rings. The summed E-state index contributed by atoms with van der Waals surface area (Å²) >= 11 is 0. The maximum atomic E-state index is 12.1. The van der Waals surface area contributed by atoms with Crippen LogP contribution in [0.5, 0.6) is 5.75 Å². The molecule has 1 atom stereocenters. The van der Waals surface area contributed by atoms with E-state index in [1.165, 1.54) is 0 Å². The SMILES string of the molecule is COc1ccc2oc(CN3CCN(C(C(N)=O)c4ccccc4)CC3)cc2c1. The first-order valence-electron chi connectivity index (χ1n) is 9.51. The zero-order valence-corrected chi connectivity index (χ0v) is 16.0. The number of furan rings is 1. The zero-order valence-electron chi connectivity index (χ0n) is 16.0. The number of hydrogen-bond donors (Lipinski definition) is 1. The van der Waals surface area contributed by atoms with Gasteiger partial charge in [0.2, 0.25) is 5.91 Å². The molecular formula is C22H25N3O3. The second-order valence-corrected chi connectivity index (χ2v) is 7.14. The molecule has 1 aliphatic rings. The van der Waals surface area contributed by atoms with Crippen molar-refractivity contribution in [3.8, 4) is 5.75 Å². The number of fused-ring (bicyclic) bond motifs is 1. The summed E-state index contributed by atoms with van der Waals surface area (Å²) in [4.78, 5) is 16.6. The summed E-state index contributed by atoms with van der Waals surface area (Å²) in [5.41, 5.74) is 7.53. The van der Waals surface area contributed by atoms with Crippen LogP contribution in [-0.2, 0) is 11.3 Å². The predicted octanol–water partition coefficient (Wildman–Crippen LogP) is 2.79. The molecule has 1 saturated heterocycles. The summed E-state index contributed by atoms with van der Waals surface area (Å²) < 4.78 is 11.2. The first kappa shape index (κ1) is 18.5. The number of ether oxygens (including phenoxy) is 1. The van der Waals surface area contributed by atoms with Crippen LogP contribution >= 0.6 is 0 Å².